The van der Waals surface area contributed by atoms with Crippen LogP contribution < -0.4 is 11.1 Å². The van der Waals surface area contributed by atoms with E-state index in [0.717, 1.165) is 0 Å². The smallest absolute Gasteiger partial charge is 0.307 e. The largest absolute Gasteiger partial charge is 0.481 e. The molecule has 0 bridgehead atoms. The molecule has 0 heterocycles. The first-order valence-electron chi connectivity index (χ1n) is 6.82. The monoisotopic (exact) mass is 290 g/mol. The van der Waals surface area contributed by atoms with Gasteiger partial charge in [-0.3, -0.25) is 14.4 Å². The molecule has 0 aromatic heterocycles. The standard InChI is InChI=1S/C15H18N2O4/c1-8-6-11(12(7-8)15(20)21)14(19)17-10-4-2-9(3-5-10)13(16)18/h2-5,8,11-12H,6-7H2,1H3,(H2,16,18)(H,17,19)(H,20,21)/t8?,11-,12+/m0/s1. The summed E-state index contributed by atoms with van der Waals surface area (Å²) in [4.78, 5) is 34.4. The van der Waals surface area contributed by atoms with Crippen LogP contribution >= 0.6 is 0 Å². The van der Waals surface area contributed by atoms with E-state index >= 15 is 0 Å². The predicted octanol–water partition coefficient (Wildman–Crippen LogP) is 1.47. The topological polar surface area (TPSA) is 109 Å². The number of nitrogens with two attached hydrogens (primary N) is 1. The fourth-order valence-electron chi connectivity index (χ4n) is 2.81. The Morgan fingerprint density at radius 3 is 2.24 bits per heavy atom. The van der Waals surface area contributed by atoms with Crippen LogP contribution in [0.25, 0.3) is 0 Å². The Bertz CT molecular complexity index is 568. The number of carbonyl (C=O) groups is 3. The lowest BCUT2D eigenvalue weighted by molar-refractivity contribution is -0.145. The van der Waals surface area contributed by atoms with Gasteiger partial charge in [0.1, 0.15) is 0 Å². The number of benzene rings is 1. The van der Waals surface area contributed by atoms with Gasteiger partial charge < -0.3 is 16.2 Å². The number of aliphatic carboxylic acids is 1. The Hall–Kier alpha value is -2.37. The van der Waals surface area contributed by atoms with Crippen molar-refractivity contribution in [3.8, 4) is 0 Å². The number of nitrogens with one attached hydrogen (secondary N) is 1. The number of hydrogen-bond donors (Lipinski definition) is 3. The summed E-state index contributed by atoms with van der Waals surface area (Å²) in [5.74, 6) is -2.69. The van der Waals surface area contributed by atoms with Crippen molar-refractivity contribution >= 4 is 23.5 Å². The van der Waals surface area contributed by atoms with Gasteiger partial charge in [-0.15, -0.1) is 0 Å². The minimum absolute atomic E-state index is 0.221. The molecule has 4 N–H and O–H groups in total. The highest BCUT2D eigenvalue weighted by Crippen LogP contribution is 2.37. The van der Waals surface area contributed by atoms with Crippen molar-refractivity contribution in [3.63, 3.8) is 0 Å². The van der Waals surface area contributed by atoms with Crippen molar-refractivity contribution < 1.29 is 19.5 Å². The van der Waals surface area contributed by atoms with E-state index < -0.39 is 23.7 Å². The van der Waals surface area contributed by atoms with Crippen LogP contribution in [0, 0.1) is 17.8 Å². The van der Waals surface area contributed by atoms with E-state index in [1.807, 2.05) is 6.92 Å². The van der Waals surface area contributed by atoms with E-state index in [1.54, 1.807) is 12.1 Å². The van der Waals surface area contributed by atoms with Gasteiger partial charge in [0, 0.05) is 11.3 Å². The third-order valence-electron chi connectivity index (χ3n) is 3.89. The van der Waals surface area contributed by atoms with E-state index in [9.17, 15) is 19.5 Å². The van der Waals surface area contributed by atoms with Gasteiger partial charge >= 0.3 is 5.97 Å². The summed E-state index contributed by atoms with van der Waals surface area (Å²) in [7, 11) is 0. The summed E-state index contributed by atoms with van der Waals surface area (Å²) in [6.07, 6.45) is 1.09. The molecule has 1 aliphatic rings. The molecule has 0 radical (unpaired) electrons. The summed E-state index contributed by atoms with van der Waals surface area (Å²) in [5.41, 5.74) is 6.01. The third-order valence-corrected chi connectivity index (χ3v) is 3.89. The van der Waals surface area contributed by atoms with Gasteiger partial charge in [-0.25, -0.2) is 0 Å². The first-order valence-corrected chi connectivity index (χ1v) is 6.82. The molecule has 1 aromatic rings. The third kappa shape index (κ3) is 3.39. The minimum Gasteiger partial charge on any atom is -0.481 e. The van der Waals surface area contributed by atoms with Gasteiger partial charge in [0.05, 0.1) is 11.8 Å². The number of carboxylic acid groups (broad SMARTS) is 1. The maximum absolute atomic E-state index is 12.2. The summed E-state index contributed by atoms with van der Waals surface area (Å²) >= 11 is 0. The van der Waals surface area contributed by atoms with Gasteiger partial charge in [0.15, 0.2) is 0 Å². The van der Waals surface area contributed by atoms with Gasteiger partial charge in [-0.05, 0) is 43.0 Å². The van der Waals surface area contributed by atoms with Crippen LogP contribution in [0.15, 0.2) is 24.3 Å². The molecule has 0 saturated heterocycles. The van der Waals surface area contributed by atoms with Crippen LogP contribution in [0.1, 0.15) is 30.1 Å². The van der Waals surface area contributed by atoms with Crippen molar-refractivity contribution in [1.82, 2.24) is 0 Å². The van der Waals surface area contributed by atoms with Crippen molar-refractivity contribution in [2.45, 2.75) is 19.8 Å². The van der Waals surface area contributed by atoms with Crippen LogP contribution in [0.2, 0.25) is 0 Å². The molecular formula is C15H18N2O4. The number of carbonyl (C=O) groups excluding carboxylic acids is 2. The normalized spacial score (nSPS) is 24.5. The number of hydrogen-bond acceptors (Lipinski definition) is 3. The lowest BCUT2D eigenvalue weighted by Crippen LogP contribution is -2.30. The van der Waals surface area contributed by atoms with Gasteiger partial charge in [-0.2, -0.15) is 0 Å². The molecule has 2 amide bonds. The van der Waals surface area contributed by atoms with Crippen LogP contribution in [-0.2, 0) is 9.59 Å². The van der Waals surface area contributed by atoms with E-state index in [1.165, 1.54) is 12.1 Å². The zero-order valence-electron chi connectivity index (χ0n) is 11.7. The summed E-state index contributed by atoms with van der Waals surface area (Å²) in [5, 5.41) is 11.9. The average molecular weight is 290 g/mol. The molecule has 112 valence electrons. The van der Waals surface area contributed by atoms with E-state index in [2.05, 4.69) is 5.32 Å². The molecule has 1 unspecified atom stereocenters. The van der Waals surface area contributed by atoms with Crippen molar-refractivity contribution in [1.29, 1.82) is 0 Å². The van der Waals surface area contributed by atoms with Crippen LogP contribution in [0.3, 0.4) is 0 Å². The van der Waals surface area contributed by atoms with Crippen LogP contribution in [0.5, 0.6) is 0 Å². The first-order chi connectivity index (χ1) is 9.88. The maximum Gasteiger partial charge on any atom is 0.307 e. The van der Waals surface area contributed by atoms with Gasteiger partial charge in [0.2, 0.25) is 11.8 Å². The molecule has 2 rings (SSSR count). The molecule has 1 fully saturated rings. The Morgan fingerprint density at radius 1 is 1.14 bits per heavy atom. The molecule has 3 atom stereocenters. The lowest BCUT2D eigenvalue weighted by atomic mass is 9.95. The predicted molar refractivity (Wildman–Crippen MR) is 76.6 cm³/mol. The second-order valence-corrected chi connectivity index (χ2v) is 5.56. The maximum atomic E-state index is 12.2. The number of anilines is 1. The fraction of sp³-hybridized carbons (Fsp3) is 0.400. The molecule has 1 aliphatic carbocycles. The Balaban J connectivity index is 2.06. The summed E-state index contributed by atoms with van der Waals surface area (Å²) in [6.45, 7) is 1.95. The Kier molecular flexibility index (Phi) is 4.26. The zero-order valence-corrected chi connectivity index (χ0v) is 11.7. The number of rotatable bonds is 4. The molecule has 0 spiro atoms. The average Bonchev–Trinajstić information content (AvgIpc) is 2.82. The highest BCUT2D eigenvalue weighted by molar-refractivity contribution is 5.97. The van der Waals surface area contributed by atoms with E-state index in [0.29, 0.717) is 24.1 Å². The fourth-order valence-corrected chi connectivity index (χ4v) is 2.81. The van der Waals surface area contributed by atoms with Crippen molar-refractivity contribution in [3.05, 3.63) is 29.8 Å². The first kappa shape index (κ1) is 15.0. The van der Waals surface area contributed by atoms with Crippen molar-refractivity contribution in [2.24, 2.45) is 23.5 Å². The van der Waals surface area contributed by atoms with E-state index in [4.69, 9.17) is 5.73 Å². The molecule has 1 aromatic carbocycles. The summed E-state index contributed by atoms with van der Waals surface area (Å²) in [6, 6.07) is 6.19. The number of amides is 2. The summed E-state index contributed by atoms with van der Waals surface area (Å²) < 4.78 is 0. The molecule has 0 aliphatic heterocycles. The highest BCUT2D eigenvalue weighted by Gasteiger charge is 2.41. The Morgan fingerprint density at radius 2 is 1.71 bits per heavy atom. The van der Waals surface area contributed by atoms with Gasteiger partial charge in [0.25, 0.3) is 0 Å². The van der Waals surface area contributed by atoms with Gasteiger partial charge in [-0.1, -0.05) is 6.92 Å². The zero-order chi connectivity index (χ0) is 15.6. The minimum atomic E-state index is -0.927. The SMILES string of the molecule is CC1C[C@H](C(=O)Nc2ccc(C(N)=O)cc2)[C@H](C(=O)O)C1. The molecule has 6 nitrogen and oxygen atoms in total. The lowest BCUT2D eigenvalue weighted by Gasteiger charge is -2.15. The number of carboxylic acids is 1. The van der Waals surface area contributed by atoms with Crippen LogP contribution in [0.4, 0.5) is 5.69 Å². The quantitative estimate of drug-likeness (QED) is 0.780. The van der Waals surface area contributed by atoms with Crippen LogP contribution in [-0.4, -0.2) is 22.9 Å². The van der Waals surface area contributed by atoms with Crippen molar-refractivity contribution in [2.75, 3.05) is 5.32 Å². The molecule has 21 heavy (non-hydrogen) atoms. The highest BCUT2D eigenvalue weighted by atomic mass is 16.4. The Labute approximate surface area is 122 Å². The van der Waals surface area contributed by atoms with E-state index in [-0.39, 0.29) is 11.8 Å². The molecule has 6 heteroatoms. The second-order valence-electron chi connectivity index (χ2n) is 5.56. The molecular weight excluding hydrogens is 272 g/mol. The molecule has 1 saturated carbocycles. The number of primary amides is 1. The second kappa shape index (κ2) is 5.95.